The molecule has 9 nitrogen and oxygen atoms in total. The van der Waals surface area contributed by atoms with Gasteiger partial charge < -0.3 is 25.3 Å². The van der Waals surface area contributed by atoms with Crippen molar-refractivity contribution in [3.8, 4) is 0 Å². The predicted molar refractivity (Wildman–Crippen MR) is 170 cm³/mol. The number of nitrogens with one attached hydrogen (secondary N) is 2. The Hall–Kier alpha value is -4.76. The highest BCUT2D eigenvalue weighted by atomic mass is 16.4. The summed E-state index contributed by atoms with van der Waals surface area (Å²) in [4.78, 5) is 39.9. The number of carboxylic acid groups (broad SMARTS) is 2. The van der Waals surface area contributed by atoms with Gasteiger partial charge in [0.25, 0.3) is 0 Å². The van der Waals surface area contributed by atoms with Crippen LogP contribution < -0.4 is 0 Å². The first-order valence-corrected chi connectivity index (χ1v) is 14.3. The lowest BCUT2D eigenvalue weighted by atomic mass is 9.99. The van der Waals surface area contributed by atoms with E-state index in [1.165, 1.54) is 0 Å². The van der Waals surface area contributed by atoms with Crippen molar-refractivity contribution < 1.29 is 24.9 Å². The van der Waals surface area contributed by atoms with Crippen molar-refractivity contribution in [2.45, 2.75) is 66.4 Å². The molecule has 0 saturated heterocycles. The molecule has 0 radical (unpaired) electrons. The fourth-order valence-electron chi connectivity index (χ4n) is 6.04. The zero-order valence-electron chi connectivity index (χ0n) is 25.1. The van der Waals surface area contributed by atoms with Crippen molar-refractivity contribution in [3.05, 3.63) is 75.9 Å². The molecule has 2 aliphatic rings. The molecule has 0 aromatic carbocycles. The van der Waals surface area contributed by atoms with Gasteiger partial charge >= 0.3 is 11.9 Å². The molecule has 0 saturated carbocycles. The van der Waals surface area contributed by atoms with Crippen molar-refractivity contribution >= 4 is 62.4 Å². The molecule has 0 aliphatic carbocycles. The highest BCUT2D eigenvalue weighted by Gasteiger charge is 2.24. The van der Waals surface area contributed by atoms with E-state index in [1.807, 2.05) is 52.0 Å². The van der Waals surface area contributed by atoms with Crippen LogP contribution in [0.1, 0.15) is 85.1 Å². The Bertz CT molecular complexity index is 1920. The summed E-state index contributed by atoms with van der Waals surface area (Å²) in [5.74, 6) is -1.79. The highest BCUT2D eigenvalue weighted by molar-refractivity contribution is 5.97. The smallest absolute Gasteiger partial charge is 0.303 e. The Morgan fingerprint density at radius 1 is 0.791 bits per heavy atom. The van der Waals surface area contributed by atoms with Gasteiger partial charge in [0.05, 0.1) is 28.9 Å². The molecular formula is C34H36N4O5. The summed E-state index contributed by atoms with van der Waals surface area (Å²) >= 11 is 0. The van der Waals surface area contributed by atoms with E-state index in [-0.39, 0.29) is 19.3 Å². The lowest BCUT2D eigenvalue weighted by Gasteiger charge is -2.07. The van der Waals surface area contributed by atoms with Gasteiger partial charge in [-0.3, -0.25) is 9.59 Å². The van der Waals surface area contributed by atoms with Gasteiger partial charge in [0.1, 0.15) is 0 Å². The Labute approximate surface area is 249 Å². The Morgan fingerprint density at radius 3 is 2.02 bits per heavy atom. The van der Waals surface area contributed by atoms with E-state index in [4.69, 9.17) is 9.97 Å². The second kappa shape index (κ2) is 11.5. The number of allylic oxidation sites excluding steroid dienone is 3. The zero-order chi connectivity index (χ0) is 31.2. The molecule has 0 fully saturated rings. The van der Waals surface area contributed by atoms with Crippen LogP contribution in [0.15, 0.2) is 30.8 Å². The van der Waals surface area contributed by atoms with Crippen molar-refractivity contribution in [2.24, 2.45) is 0 Å². The minimum atomic E-state index is -0.904. The van der Waals surface area contributed by atoms with Crippen LogP contribution in [0.5, 0.6) is 0 Å². The monoisotopic (exact) mass is 580 g/mol. The first kappa shape index (κ1) is 29.7. The number of aromatic amines is 2. The van der Waals surface area contributed by atoms with Crippen LogP contribution in [-0.4, -0.2) is 53.3 Å². The van der Waals surface area contributed by atoms with Crippen molar-refractivity contribution in [3.63, 3.8) is 0 Å². The fourth-order valence-corrected chi connectivity index (χ4v) is 6.04. The number of aryl methyl sites for hydroxylation is 3. The van der Waals surface area contributed by atoms with Crippen LogP contribution in [-0.2, 0) is 16.0 Å². The summed E-state index contributed by atoms with van der Waals surface area (Å²) < 4.78 is 0. The number of aliphatic carboxylic acids is 2. The van der Waals surface area contributed by atoms with E-state index in [0.717, 1.165) is 66.6 Å². The molecule has 222 valence electrons. The minimum absolute atomic E-state index is 0.0361. The van der Waals surface area contributed by atoms with Crippen LogP contribution in [0.4, 0.5) is 0 Å². The third kappa shape index (κ3) is 5.56. The van der Waals surface area contributed by atoms with Crippen LogP contribution in [0.3, 0.4) is 0 Å². The first-order valence-electron chi connectivity index (χ1n) is 14.3. The SMILES string of the molecule is C=Cc1c(C)c2cc3nc(cc4nc(cc5[nH]c(cc1[nH]2)c(C)c5CCC(=O)O)C(CCC(=O)O)=C4C)C(C)=C3C(C)O. The van der Waals surface area contributed by atoms with Gasteiger partial charge in [0, 0.05) is 46.0 Å². The molecule has 8 bridgehead atoms. The molecule has 0 spiro atoms. The van der Waals surface area contributed by atoms with E-state index in [1.54, 1.807) is 13.0 Å². The molecule has 5 heterocycles. The third-order valence-corrected chi connectivity index (χ3v) is 8.43. The third-order valence-electron chi connectivity index (χ3n) is 8.43. The van der Waals surface area contributed by atoms with Crippen molar-refractivity contribution in [1.82, 2.24) is 19.9 Å². The van der Waals surface area contributed by atoms with Crippen LogP contribution >= 0.6 is 0 Å². The number of hydrogen-bond donors (Lipinski definition) is 5. The van der Waals surface area contributed by atoms with Gasteiger partial charge in [0.2, 0.25) is 0 Å². The second-order valence-electron chi connectivity index (χ2n) is 11.2. The summed E-state index contributed by atoms with van der Waals surface area (Å²) in [6.07, 6.45) is 1.56. The van der Waals surface area contributed by atoms with Crippen LogP contribution in [0.25, 0.3) is 50.4 Å². The Kier molecular flexibility index (Phi) is 7.94. The normalized spacial score (nSPS) is 13.9. The van der Waals surface area contributed by atoms with Gasteiger partial charge in [-0.1, -0.05) is 12.7 Å². The van der Waals surface area contributed by atoms with E-state index >= 15 is 0 Å². The topological polar surface area (TPSA) is 152 Å². The number of aliphatic hydroxyl groups excluding tert-OH is 1. The van der Waals surface area contributed by atoms with Crippen molar-refractivity contribution in [1.29, 1.82) is 0 Å². The Balaban J connectivity index is 1.95. The van der Waals surface area contributed by atoms with E-state index < -0.39 is 18.0 Å². The first-order chi connectivity index (χ1) is 20.4. The lowest BCUT2D eigenvalue weighted by Crippen LogP contribution is -2.02. The lowest BCUT2D eigenvalue weighted by molar-refractivity contribution is -0.137. The standard InChI is InChI=1S/C34H36N4O5/c1-7-21-16(2)26-14-31-34(20(6)39)19(5)27(38-31)12-24-17(3)22(8-10-32(40)41)29(36-24)15-30-23(9-11-33(42)43)18(4)25(37-30)13-28(21)35-26/h7,12-15,20,35,37,39H,1,8-11H2,2-6H3,(H,40,41)(H,42,43). The molecule has 0 amide bonds. The molecule has 9 heteroatoms. The predicted octanol–water partition coefficient (Wildman–Crippen LogP) is 6.70. The molecular weight excluding hydrogens is 544 g/mol. The molecule has 3 aromatic rings. The minimum Gasteiger partial charge on any atom is -0.481 e. The Morgan fingerprint density at radius 2 is 1.37 bits per heavy atom. The van der Waals surface area contributed by atoms with E-state index in [2.05, 4.69) is 16.5 Å². The van der Waals surface area contributed by atoms with E-state index in [9.17, 15) is 24.9 Å². The second-order valence-corrected chi connectivity index (χ2v) is 11.2. The number of rotatable bonds is 8. The van der Waals surface area contributed by atoms with Crippen LogP contribution in [0.2, 0.25) is 0 Å². The molecule has 3 aromatic heterocycles. The highest BCUT2D eigenvalue weighted by Crippen LogP contribution is 2.37. The van der Waals surface area contributed by atoms with E-state index in [0.29, 0.717) is 29.2 Å². The molecule has 5 N–H and O–H groups in total. The molecule has 2 aliphatic heterocycles. The molecule has 1 atom stereocenters. The largest absolute Gasteiger partial charge is 0.481 e. The summed E-state index contributed by atoms with van der Waals surface area (Å²) in [6, 6.07) is 7.70. The van der Waals surface area contributed by atoms with Gasteiger partial charge in [-0.15, -0.1) is 0 Å². The van der Waals surface area contributed by atoms with Crippen LogP contribution in [0, 0.1) is 13.8 Å². The molecule has 43 heavy (non-hydrogen) atoms. The maximum atomic E-state index is 11.5. The number of nitrogens with zero attached hydrogens (tertiary/aromatic N) is 2. The van der Waals surface area contributed by atoms with Gasteiger partial charge in [-0.25, -0.2) is 9.97 Å². The summed E-state index contributed by atoms with van der Waals surface area (Å²) in [5, 5.41) is 29.7. The van der Waals surface area contributed by atoms with Crippen molar-refractivity contribution in [2.75, 3.05) is 0 Å². The average Bonchev–Trinajstić information content (AvgIpc) is 3.59. The quantitative estimate of drug-likeness (QED) is 0.199. The maximum absolute atomic E-state index is 11.5. The summed E-state index contributed by atoms with van der Waals surface area (Å²) in [6.45, 7) is 13.6. The number of H-pyrrole nitrogens is 2. The number of aromatic nitrogens is 4. The zero-order valence-corrected chi connectivity index (χ0v) is 25.1. The van der Waals surface area contributed by atoms with Gasteiger partial charge in [0.15, 0.2) is 0 Å². The molecule has 5 rings (SSSR count). The average molecular weight is 581 g/mol. The number of hydrogen-bond acceptors (Lipinski definition) is 5. The number of aliphatic hydroxyl groups is 1. The summed E-state index contributed by atoms with van der Waals surface area (Å²) in [7, 11) is 0. The maximum Gasteiger partial charge on any atom is 0.303 e. The van der Waals surface area contributed by atoms with Gasteiger partial charge in [-0.2, -0.15) is 0 Å². The number of fused-ring (bicyclic) bond motifs is 8. The fraction of sp³-hybridized carbons (Fsp3) is 0.294. The van der Waals surface area contributed by atoms with Gasteiger partial charge in [-0.05, 0) is 105 Å². The summed E-state index contributed by atoms with van der Waals surface area (Å²) in [5.41, 5.74) is 12.7. The number of carbonyl (C=O) groups is 2. The number of carboxylic acids is 2. The molecule has 1 unspecified atom stereocenters.